The van der Waals surface area contributed by atoms with Crippen LogP contribution >= 0.6 is 12.2 Å². The summed E-state index contributed by atoms with van der Waals surface area (Å²) in [6.07, 6.45) is 1.81. The molecule has 1 rings (SSSR count). The Morgan fingerprint density at radius 3 is 2.67 bits per heavy atom. The summed E-state index contributed by atoms with van der Waals surface area (Å²) in [6.45, 7) is 6.21. The number of amides is 1. The van der Waals surface area contributed by atoms with Crippen molar-refractivity contribution < 1.29 is 4.79 Å². The topological polar surface area (TPSA) is 49.6 Å². The average Bonchev–Trinajstić information content (AvgIpc) is 2.39. The zero-order chi connectivity index (χ0) is 11.3. The standard InChI is InChI=1S/C10H19N3OS/c1-9(14)13-5-2-4-12(7-8-13)6-3-10(11)15/h2-8H2,1H3,(H2,11,15). The molecule has 0 aromatic rings. The van der Waals surface area contributed by atoms with E-state index < -0.39 is 0 Å². The summed E-state index contributed by atoms with van der Waals surface area (Å²) in [4.78, 5) is 16.0. The lowest BCUT2D eigenvalue weighted by molar-refractivity contribution is -0.128. The summed E-state index contributed by atoms with van der Waals surface area (Å²) in [5.41, 5.74) is 5.46. The van der Waals surface area contributed by atoms with Crippen molar-refractivity contribution in [1.82, 2.24) is 9.80 Å². The van der Waals surface area contributed by atoms with E-state index in [0.29, 0.717) is 4.99 Å². The van der Waals surface area contributed by atoms with Crippen molar-refractivity contribution in [3.05, 3.63) is 0 Å². The number of thiocarbonyl (C=S) groups is 1. The number of nitrogens with two attached hydrogens (primary N) is 1. The molecule has 86 valence electrons. The summed E-state index contributed by atoms with van der Waals surface area (Å²) in [6, 6.07) is 0. The Kier molecular flexibility index (Phi) is 4.98. The molecule has 1 aliphatic rings. The van der Waals surface area contributed by atoms with Gasteiger partial charge in [-0.3, -0.25) is 4.79 Å². The van der Waals surface area contributed by atoms with Crippen LogP contribution in [0.25, 0.3) is 0 Å². The highest BCUT2D eigenvalue weighted by Gasteiger charge is 2.15. The molecule has 0 saturated carbocycles. The van der Waals surface area contributed by atoms with E-state index in [1.54, 1.807) is 6.92 Å². The average molecular weight is 229 g/mol. The molecule has 0 bridgehead atoms. The Hall–Kier alpha value is -0.680. The Balaban J connectivity index is 2.32. The van der Waals surface area contributed by atoms with Crippen LogP contribution in [0.2, 0.25) is 0 Å². The van der Waals surface area contributed by atoms with Crippen molar-refractivity contribution in [3.63, 3.8) is 0 Å². The molecule has 1 heterocycles. The second kappa shape index (κ2) is 6.02. The van der Waals surface area contributed by atoms with Crippen molar-refractivity contribution in [2.45, 2.75) is 19.8 Å². The highest BCUT2D eigenvalue weighted by Crippen LogP contribution is 2.03. The van der Waals surface area contributed by atoms with Gasteiger partial charge in [0.25, 0.3) is 0 Å². The smallest absolute Gasteiger partial charge is 0.219 e. The lowest BCUT2D eigenvalue weighted by Gasteiger charge is -2.20. The van der Waals surface area contributed by atoms with Gasteiger partial charge in [0, 0.05) is 39.5 Å². The minimum absolute atomic E-state index is 0.172. The predicted molar refractivity (Wildman–Crippen MR) is 64.7 cm³/mol. The molecule has 15 heavy (non-hydrogen) atoms. The van der Waals surface area contributed by atoms with Gasteiger partial charge in [-0.2, -0.15) is 0 Å². The highest BCUT2D eigenvalue weighted by atomic mass is 32.1. The van der Waals surface area contributed by atoms with E-state index in [-0.39, 0.29) is 5.91 Å². The van der Waals surface area contributed by atoms with Crippen LogP contribution in [0.15, 0.2) is 0 Å². The first-order valence-corrected chi connectivity index (χ1v) is 5.76. The first-order chi connectivity index (χ1) is 7.09. The molecule has 1 fully saturated rings. The van der Waals surface area contributed by atoms with Crippen LogP contribution < -0.4 is 5.73 Å². The molecular formula is C10H19N3OS. The maximum atomic E-state index is 11.2. The van der Waals surface area contributed by atoms with Crippen LogP contribution in [0.5, 0.6) is 0 Å². The number of carbonyl (C=O) groups is 1. The third kappa shape index (κ3) is 4.57. The van der Waals surface area contributed by atoms with Crippen LogP contribution in [-0.2, 0) is 4.79 Å². The summed E-state index contributed by atoms with van der Waals surface area (Å²) < 4.78 is 0. The number of carbonyl (C=O) groups excluding carboxylic acids is 1. The van der Waals surface area contributed by atoms with E-state index in [1.165, 1.54) is 0 Å². The minimum Gasteiger partial charge on any atom is -0.393 e. The van der Waals surface area contributed by atoms with Crippen molar-refractivity contribution in [2.24, 2.45) is 5.73 Å². The zero-order valence-electron chi connectivity index (χ0n) is 9.24. The molecule has 1 amide bonds. The number of hydrogen-bond acceptors (Lipinski definition) is 3. The fourth-order valence-corrected chi connectivity index (χ4v) is 1.87. The quantitative estimate of drug-likeness (QED) is 0.703. The Labute approximate surface area is 96.4 Å². The van der Waals surface area contributed by atoms with E-state index in [9.17, 15) is 4.79 Å². The molecule has 4 nitrogen and oxygen atoms in total. The molecule has 0 aromatic heterocycles. The molecule has 0 aliphatic carbocycles. The van der Waals surface area contributed by atoms with Crippen molar-refractivity contribution in [2.75, 3.05) is 32.7 Å². The molecule has 0 spiro atoms. The van der Waals surface area contributed by atoms with Crippen LogP contribution in [0.1, 0.15) is 19.8 Å². The van der Waals surface area contributed by atoms with Crippen molar-refractivity contribution in [3.8, 4) is 0 Å². The van der Waals surface area contributed by atoms with E-state index in [0.717, 1.165) is 45.6 Å². The number of rotatable bonds is 3. The monoisotopic (exact) mass is 229 g/mol. The van der Waals surface area contributed by atoms with Gasteiger partial charge < -0.3 is 15.5 Å². The van der Waals surface area contributed by atoms with Gasteiger partial charge in [-0.05, 0) is 13.0 Å². The largest absolute Gasteiger partial charge is 0.393 e. The van der Waals surface area contributed by atoms with Crippen LogP contribution in [-0.4, -0.2) is 53.4 Å². The predicted octanol–water partition coefficient (Wildman–Crippen LogP) is 0.217. The van der Waals surface area contributed by atoms with E-state index in [1.807, 2.05) is 4.90 Å². The van der Waals surface area contributed by atoms with Gasteiger partial charge in [-0.1, -0.05) is 12.2 Å². The molecule has 0 radical (unpaired) electrons. The molecular weight excluding hydrogens is 210 g/mol. The van der Waals surface area contributed by atoms with Crippen LogP contribution in [0, 0.1) is 0 Å². The van der Waals surface area contributed by atoms with E-state index in [4.69, 9.17) is 18.0 Å². The minimum atomic E-state index is 0.172. The highest BCUT2D eigenvalue weighted by molar-refractivity contribution is 7.80. The van der Waals surface area contributed by atoms with Gasteiger partial charge in [0.1, 0.15) is 0 Å². The lowest BCUT2D eigenvalue weighted by atomic mass is 10.3. The zero-order valence-corrected chi connectivity index (χ0v) is 10.1. The van der Waals surface area contributed by atoms with Crippen LogP contribution in [0.4, 0.5) is 0 Å². The van der Waals surface area contributed by atoms with Crippen molar-refractivity contribution in [1.29, 1.82) is 0 Å². The maximum absolute atomic E-state index is 11.2. The lowest BCUT2D eigenvalue weighted by Crippen LogP contribution is -2.34. The van der Waals surface area contributed by atoms with Gasteiger partial charge in [-0.25, -0.2) is 0 Å². The van der Waals surface area contributed by atoms with Crippen molar-refractivity contribution >= 4 is 23.1 Å². The number of hydrogen-bond donors (Lipinski definition) is 1. The van der Waals surface area contributed by atoms with Crippen LogP contribution in [0.3, 0.4) is 0 Å². The third-order valence-corrected chi connectivity index (χ3v) is 2.91. The molecule has 1 saturated heterocycles. The molecule has 0 atom stereocenters. The Morgan fingerprint density at radius 1 is 1.33 bits per heavy atom. The normalized spacial score (nSPS) is 18.6. The second-order valence-electron chi connectivity index (χ2n) is 3.92. The third-order valence-electron chi connectivity index (χ3n) is 2.71. The molecule has 0 unspecified atom stereocenters. The van der Waals surface area contributed by atoms with Gasteiger partial charge >= 0.3 is 0 Å². The van der Waals surface area contributed by atoms with Gasteiger partial charge in [-0.15, -0.1) is 0 Å². The van der Waals surface area contributed by atoms with E-state index in [2.05, 4.69) is 4.90 Å². The first-order valence-electron chi connectivity index (χ1n) is 5.36. The first kappa shape index (κ1) is 12.4. The fourth-order valence-electron chi connectivity index (χ4n) is 1.78. The van der Waals surface area contributed by atoms with Gasteiger partial charge in [0.2, 0.25) is 5.91 Å². The molecule has 5 heteroatoms. The number of nitrogens with zero attached hydrogens (tertiary/aromatic N) is 2. The van der Waals surface area contributed by atoms with E-state index >= 15 is 0 Å². The molecule has 1 aliphatic heterocycles. The molecule has 2 N–H and O–H groups in total. The molecule has 0 aromatic carbocycles. The summed E-state index contributed by atoms with van der Waals surface area (Å²) >= 11 is 4.85. The maximum Gasteiger partial charge on any atom is 0.219 e. The fraction of sp³-hybridized carbons (Fsp3) is 0.800. The Bertz CT molecular complexity index is 245. The summed E-state index contributed by atoms with van der Waals surface area (Å²) in [5.74, 6) is 0.172. The SMILES string of the molecule is CC(=O)N1CCCN(CCC(N)=S)CC1. The second-order valence-corrected chi connectivity index (χ2v) is 4.44. The van der Waals surface area contributed by atoms with Gasteiger partial charge in [0.05, 0.1) is 4.99 Å². The summed E-state index contributed by atoms with van der Waals surface area (Å²) in [5, 5.41) is 0. The van der Waals surface area contributed by atoms with Gasteiger partial charge in [0.15, 0.2) is 0 Å². The Morgan fingerprint density at radius 2 is 2.07 bits per heavy atom. The summed E-state index contributed by atoms with van der Waals surface area (Å²) in [7, 11) is 0.